The van der Waals surface area contributed by atoms with Gasteiger partial charge in [0.2, 0.25) is 5.91 Å². The van der Waals surface area contributed by atoms with E-state index in [2.05, 4.69) is 21.2 Å². The fraction of sp³-hybridized carbons (Fsp3) is 0.0556. The van der Waals surface area contributed by atoms with Gasteiger partial charge in [-0.3, -0.25) is 4.79 Å². The van der Waals surface area contributed by atoms with E-state index in [0.29, 0.717) is 11.4 Å². The third kappa shape index (κ3) is 3.81. The Morgan fingerprint density at radius 3 is 2.70 bits per heavy atom. The summed E-state index contributed by atoms with van der Waals surface area (Å²) in [7, 11) is 1.60. The van der Waals surface area contributed by atoms with Crippen molar-refractivity contribution in [2.45, 2.75) is 0 Å². The zero-order valence-electron chi connectivity index (χ0n) is 12.4. The highest BCUT2D eigenvalue weighted by molar-refractivity contribution is 9.10. The van der Waals surface area contributed by atoms with Crippen LogP contribution in [0.25, 0.3) is 17.0 Å². The van der Waals surface area contributed by atoms with Crippen LogP contribution in [-0.2, 0) is 4.79 Å². The lowest BCUT2D eigenvalue weighted by molar-refractivity contribution is -0.111. The summed E-state index contributed by atoms with van der Waals surface area (Å²) < 4.78 is 11.7. The van der Waals surface area contributed by atoms with E-state index in [9.17, 15) is 4.79 Å². The Kier molecular flexibility index (Phi) is 4.48. The summed E-state index contributed by atoms with van der Waals surface area (Å²) in [6.45, 7) is 0. The molecule has 0 aliphatic rings. The molecule has 1 aromatic heterocycles. The van der Waals surface area contributed by atoms with Crippen LogP contribution in [0.1, 0.15) is 5.76 Å². The predicted octanol–water partition coefficient (Wildman–Crippen LogP) is 4.86. The molecule has 1 amide bonds. The second kappa shape index (κ2) is 6.71. The van der Waals surface area contributed by atoms with Gasteiger partial charge in [0.1, 0.15) is 17.1 Å². The number of carbonyl (C=O) groups excluding carboxylic acids is 1. The van der Waals surface area contributed by atoms with E-state index in [1.807, 2.05) is 24.3 Å². The number of hydrogen-bond donors (Lipinski definition) is 1. The van der Waals surface area contributed by atoms with Crippen molar-refractivity contribution >= 4 is 44.6 Å². The lowest BCUT2D eigenvalue weighted by Gasteiger charge is -2.03. The third-order valence-corrected chi connectivity index (χ3v) is 3.75. The quantitative estimate of drug-likeness (QED) is 0.666. The number of ether oxygens (including phenoxy) is 1. The van der Waals surface area contributed by atoms with Crippen molar-refractivity contribution < 1.29 is 13.9 Å². The molecule has 0 bridgehead atoms. The van der Waals surface area contributed by atoms with Crippen LogP contribution >= 0.6 is 15.9 Å². The molecule has 0 fully saturated rings. The first kappa shape index (κ1) is 15.4. The molecule has 116 valence electrons. The number of hydrogen-bond acceptors (Lipinski definition) is 3. The van der Waals surface area contributed by atoms with Gasteiger partial charge < -0.3 is 14.5 Å². The Bertz CT molecular complexity index is 866. The van der Waals surface area contributed by atoms with Gasteiger partial charge in [0.15, 0.2) is 0 Å². The summed E-state index contributed by atoms with van der Waals surface area (Å²) in [4.78, 5) is 11.9. The van der Waals surface area contributed by atoms with E-state index in [-0.39, 0.29) is 5.91 Å². The maximum Gasteiger partial charge on any atom is 0.248 e. The molecular formula is C18H14BrNO3. The molecule has 0 spiro atoms. The van der Waals surface area contributed by atoms with Gasteiger partial charge in [-0.15, -0.1) is 0 Å². The Morgan fingerprint density at radius 1 is 1.17 bits per heavy atom. The van der Waals surface area contributed by atoms with Gasteiger partial charge in [0.05, 0.1) is 7.11 Å². The molecule has 0 aliphatic carbocycles. The number of halogens is 1. The monoisotopic (exact) mass is 371 g/mol. The highest BCUT2D eigenvalue weighted by atomic mass is 79.9. The fourth-order valence-corrected chi connectivity index (χ4v) is 2.51. The summed E-state index contributed by atoms with van der Waals surface area (Å²) in [5.41, 5.74) is 1.48. The van der Waals surface area contributed by atoms with Crippen LogP contribution in [0.15, 0.2) is 63.5 Å². The van der Waals surface area contributed by atoms with Crippen molar-refractivity contribution in [3.8, 4) is 5.75 Å². The Morgan fingerprint density at radius 2 is 1.96 bits per heavy atom. The molecule has 0 radical (unpaired) electrons. The van der Waals surface area contributed by atoms with Crippen LogP contribution in [0.5, 0.6) is 5.75 Å². The van der Waals surface area contributed by atoms with E-state index >= 15 is 0 Å². The molecule has 2 aromatic carbocycles. The zero-order chi connectivity index (χ0) is 16.2. The van der Waals surface area contributed by atoms with Crippen molar-refractivity contribution in [1.82, 2.24) is 0 Å². The van der Waals surface area contributed by atoms with E-state index in [4.69, 9.17) is 9.15 Å². The van der Waals surface area contributed by atoms with Gasteiger partial charge in [0, 0.05) is 21.6 Å². The molecule has 23 heavy (non-hydrogen) atoms. The lowest BCUT2D eigenvalue weighted by Crippen LogP contribution is -2.07. The predicted molar refractivity (Wildman–Crippen MR) is 94.6 cm³/mol. The lowest BCUT2D eigenvalue weighted by atomic mass is 10.2. The van der Waals surface area contributed by atoms with Gasteiger partial charge in [-0.05, 0) is 54.6 Å². The minimum atomic E-state index is -0.225. The van der Waals surface area contributed by atoms with Crippen molar-refractivity contribution in [3.63, 3.8) is 0 Å². The minimum Gasteiger partial charge on any atom is -0.497 e. The van der Waals surface area contributed by atoms with Gasteiger partial charge >= 0.3 is 0 Å². The van der Waals surface area contributed by atoms with E-state index in [0.717, 1.165) is 21.2 Å². The van der Waals surface area contributed by atoms with Crippen LogP contribution in [0, 0.1) is 0 Å². The summed E-state index contributed by atoms with van der Waals surface area (Å²) in [6, 6.07) is 14.8. The minimum absolute atomic E-state index is 0.225. The molecule has 0 unspecified atom stereocenters. The maximum atomic E-state index is 11.9. The molecule has 1 heterocycles. The highest BCUT2D eigenvalue weighted by Crippen LogP contribution is 2.24. The third-order valence-electron chi connectivity index (χ3n) is 3.25. The Labute approximate surface area is 141 Å². The number of methoxy groups -OCH3 is 1. The SMILES string of the molecule is COc1ccc(NC(=O)C=Cc2cc3cc(Br)ccc3o2)cc1. The Hall–Kier alpha value is -2.53. The molecule has 3 rings (SSSR count). The van der Waals surface area contributed by atoms with Crippen molar-refractivity contribution in [2.24, 2.45) is 0 Å². The number of amides is 1. The first-order valence-corrected chi connectivity index (χ1v) is 7.75. The topological polar surface area (TPSA) is 51.5 Å². The number of anilines is 1. The molecule has 0 saturated heterocycles. The Balaban J connectivity index is 1.68. The van der Waals surface area contributed by atoms with E-state index in [1.165, 1.54) is 6.08 Å². The number of carbonyl (C=O) groups is 1. The van der Waals surface area contributed by atoms with E-state index in [1.54, 1.807) is 37.5 Å². The fourth-order valence-electron chi connectivity index (χ4n) is 2.13. The van der Waals surface area contributed by atoms with Crippen LogP contribution in [-0.4, -0.2) is 13.0 Å². The smallest absolute Gasteiger partial charge is 0.248 e. The number of fused-ring (bicyclic) bond motifs is 1. The maximum absolute atomic E-state index is 11.9. The number of furan rings is 1. The standard InChI is InChI=1S/C18H14BrNO3/c1-22-15-5-3-14(4-6-15)20-18(21)9-7-16-11-12-10-13(19)2-8-17(12)23-16/h2-11H,1H3,(H,20,21). The first-order valence-electron chi connectivity index (χ1n) is 6.96. The van der Waals surface area contributed by atoms with Crippen molar-refractivity contribution in [1.29, 1.82) is 0 Å². The molecule has 1 N–H and O–H groups in total. The van der Waals surface area contributed by atoms with Crippen LogP contribution in [0.4, 0.5) is 5.69 Å². The second-order valence-corrected chi connectivity index (χ2v) is 5.80. The van der Waals surface area contributed by atoms with Gasteiger partial charge in [0.25, 0.3) is 0 Å². The molecule has 0 aliphatic heterocycles. The first-order chi connectivity index (χ1) is 11.1. The van der Waals surface area contributed by atoms with Crippen LogP contribution < -0.4 is 10.1 Å². The van der Waals surface area contributed by atoms with Crippen LogP contribution in [0.2, 0.25) is 0 Å². The summed E-state index contributed by atoms with van der Waals surface area (Å²) >= 11 is 3.42. The normalized spacial score (nSPS) is 11.0. The summed E-state index contributed by atoms with van der Waals surface area (Å²) in [5.74, 6) is 1.15. The average Bonchev–Trinajstić information content (AvgIpc) is 2.95. The molecule has 0 atom stereocenters. The van der Waals surface area contributed by atoms with E-state index < -0.39 is 0 Å². The molecule has 5 heteroatoms. The van der Waals surface area contributed by atoms with Crippen molar-refractivity contribution in [2.75, 3.05) is 12.4 Å². The van der Waals surface area contributed by atoms with Crippen LogP contribution in [0.3, 0.4) is 0 Å². The van der Waals surface area contributed by atoms with Gasteiger partial charge in [-0.1, -0.05) is 15.9 Å². The summed E-state index contributed by atoms with van der Waals surface area (Å²) in [5, 5.41) is 3.76. The second-order valence-electron chi connectivity index (χ2n) is 4.88. The molecule has 3 aromatic rings. The number of nitrogens with one attached hydrogen (secondary N) is 1. The highest BCUT2D eigenvalue weighted by Gasteiger charge is 2.03. The summed E-state index contributed by atoms with van der Waals surface area (Å²) in [6.07, 6.45) is 3.09. The number of rotatable bonds is 4. The zero-order valence-corrected chi connectivity index (χ0v) is 14.0. The molecular weight excluding hydrogens is 358 g/mol. The van der Waals surface area contributed by atoms with Gasteiger partial charge in [-0.25, -0.2) is 0 Å². The van der Waals surface area contributed by atoms with Gasteiger partial charge in [-0.2, -0.15) is 0 Å². The average molecular weight is 372 g/mol. The number of benzene rings is 2. The van der Waals surface area contributed by atoms with Crippen molar-refractivity contribution in [3.05, 3.63) is 64.8 Å². The largest absolute Gasteiger partial charge is 0.497 e. The molecule has 4 nitrogen and oxygen atoms in total. The molecule has 0 saturated carbocycles.